The molecule has 23 heavy (non-hydrogen) atoms. The minimum atomic E-state index is -1.20. The third kappa shape index (κ3) is 3.92. The van der Waals surface area contributed by atoms with Gasteiger partial charge < -0.3 is 10.4 Å². The van der Waals surface area contributed by atoms with Crippen molar-refractivity contribution in [2.75, 3.05) is 11.5 Å². The molecule has 1 aromatic heterocycles. The summed E-state index contributed by atoms with van der Waals surface area (Å²) in [5.74, 6) is 1.40. The van der Waals surface area contributed by atoms with Gasteiger partial charge in [0, 0.05) is 18.3 Å². The number of nitrogens with one attached hydrogen (secondary N) is 1. The highest BCUT2D eigenvalue weighted by Crippen LogP contribution is 2.27. The lowest BCUT2D eigenvalue weighted by Crippen LogP contribution is -2.48. The Balaban J connectivity index is 1.66. The standard InChI is InChI=1S/C18H20N2O2S/c21-17(18(22)7-10-23-11-8-18)20-13-14-4-3-5-15(12-14)16-6-1-2-9-19-16/h1-6,9,12,22H,7-8,10-11,13H2,(H,20,21). The molecule has 1 amide bonds. The quantitative estimate of drug-likeness (QED) is 0.906. The van der Waals surface area contributed by atoms with Gasteiger partial charge in [-0.3, -0.25) is 9.78 Å². The largest absolute Gasteiger partial charge is 0.380 e. The number of hydrogen-bond donors (Lipinski definition) is 2. The number of aromatic nitrogens is 1. The van der Waals surface area contributed by atoms with Crippen molar-refractivity contribution >= 4 is 17.7 Å². The van der Waals surface area contributed by atoms with Gasteiger partial charge in [0.05, 0.1) is 5.69 Å². The lowest BCUT2D eigenvalue weighted by Gasteiger charge is -2.30. The first-order valence-corrected chi connectivity index (χ1v) is 8.92. The number of aliphatic hydroxyl groups is 1. The first kappa shape index (κ1) is 16.0. The van der Waals surface area contributed by atoms with E-state index in [1.807, 2.05) is 42.5 Å². The number of nitrogens with zero attached hydrogens (tertiary/aromatic N) is 1. The van der Waals surface area contributed by atoms with Crippen molar-refractivity contribution in [3.63, 3.8) is 0 Å². The topological polar surface area (TPSA) is 62.2 Å². The van der Waals surface area contributed by atoms with E-state index in [1.54, 1.807) is 18.0 Å². The molecule has 1 aromatic carbocycles. The smallest absolute Gasteiger partial charge is 0.252 e. The molecule has 4 nitrogen and oxygen atoms in total. The van der Waals surface area contributed by atoms with Crippen LogP contribution in [0.2, 0.25) is 0 Å². The van der Waals surface area contributed by atoms with Crippen LogP contribution in [0.4, 0.5) is 0 Å². The highest BCUT2D eigenvalue weighted by Gasteiger charge is 2.37. The molecule has 0 saturated carbocycles. The molecule has 2 N–H and O–H groups in total. The second-order valence-electron chi connectivity index (χ2n) is 5.74. The van der Waals surface area contributed by atoms with E-state index in [2.05, 4.69) is 10.3 Å². The molecule has 1 saturated heterocycles. The van der Waals surface area contributed by atoms with Crippen LogP contribution in [0, 0.1) is 0 Å². The summed E-state index contributed by atoms with van der Waals surface area (Å²) in [5.41, 5.74) is 1.72. The average Bonchev–Trinajstić information content (AvgIpc) is 2.61. The first-order valence-electron chi connectivity index (χ1n) is 7.76. The molecule has 3 rings (SSSR count). The summed E-state index contributed by atoms with van der Waals surface area (Å²) >= 11 is 1.78. The van der Waals surface area contributed by atoms with Crippen LogP contribution < -0.4 is 5.32 Å². The van der Waals surface area contributed by atoms with E-state index in [0.717, 1.165) is 28.3 Å². The van der Waals surface area contributed by atoms with E-state index in [9.17, 15) is 9.90 Å². The third-order valence-corrected chi connectivity index (χ3v) is 5.07. The van der Waals surface area contributed by atoms with Gasteiger partial charge in [-0.2, -0.15) is 11.8 Å². The molecule has 1 aliphatic heterocycles. The molecule has 0 bridgehead atoms. The van der Waals surface area contributed by atoms with E-state index in [4.69, 9.17) is 0 Å². The fraction of sp³-hybridized carbons (Fsp3) is 0.333. The Morgan fingerprint density at radius 1 is 1.22 bits per heavy atom. The summed E-state index contributed by atoms with van der Waals surface area (Å²) < 4.78 is 0. The molecule has 120 valence electrons. The van der Waals surface area contributed by atoms with Crippen molar-refractivity contribution in [1.82, 2.24) is 10.3 Å². The number of hydrogen-bond acceptors (Lipinski definition) is 4. The van der Waals surface area contributed by atoms with E-state index in [-0.39, 0.29) is 5.91 Å². The highest BCUT2D eigenvalue weighted by molar-refractivity contribution is 7.99. The molecule has 1 fully saturated rings. The number of carbonyl (C=O) groups is 1. The zero-order valence-corrected chi connectivity index (χ0v) is 13.7. The van der Waals surface area contributed by atoms with Gasteiger partial charge in [0.15, 0.2) is 0 Å². The van der Waals surface area contributed by atoms with Crippen molar-refractivity contribution in [1.29, 1.82) is 0 Å². The summed E-state index contributed by atoms with van der Waals surface area (Å²) in [4.78, 5) is 16.6. The van der Waals surface area contributed by atoms with Crippen LogP contribution in [0.25, 0.3) is 11.3 Å². The van der Waals surface area contributed by atoms with Gasteiger partial charge in [-0.25, -0.2) is 0 Å². The van der Waals surface area contributed by atoms with Crippen LogP contribution in [-0.2, 0) is 11.3 Å². The van der Waals surface area contributed by atoms with Crippen molar-refractivity contribution in [2.24, 2.45) is 0 Å². The second-order valence-corrected chi connectivity index (χ2v) is 6.97. The number of benzene rings is 1. The molecule has 0 aliphatic carbocycles. The van der Waals surface area contributed by atoms with Crippen LogP contribution in [-0.4, -0.2) is 33.1 Å². The maximum Gasteiger partial charge on any atom is 0.252 e. The molecular formula is C18H20N2O2S. The predicted octanol–water partition coefficient (Wildman–Crippen LogP) is 2.62. The molecular weight excluding hydrogens is 308 g/mol. The van der Waals surface area contributed by atoms with Crippen LogP contribution in [0.15, 0.2) is 48.7 Å². The van der Waals surface area contributed by atoms with Gasteiger partial charge in [-0.05, 0) is 48.1 Å². The molecule has 2 heterocycles. The van der Waals surface area contributed by atoms with Crippen LogP contribution in [0.5, 0.6) is 0 Å². The van der Waals surface area contributed by atoms with Crippen molar-refractivity contribution in [3.8, 4) is 11.3 Å². The fourth-order valence-electron chi connectivity index (χ4n) is 2.66. The van der Waals surface area contributed by atoms with Crippen LogP contribution >= 0.6 is 11.8 Å². The minimum Gasteiger partial charge on any atom is -0.380 e. The van der Waals surface area contributed by atoms with E-state index in [0.29, 0.717) is 19.4 Å². The average molecular weight is 328 g/mol. The fourth-order valence-corrected chi connectivity index (χ4v) is 3.83. The van der Waals surface area contributed by atoms with Gasteiger partial charge in [-0.1, -0.05) is 24.3 Å². The molecule has 0 radical (unpaired) electrons. The number of rotatable bonds is 4. The van der Waals surface area contributed by atoms with Crippen molar-refractivity contribution in [3.05, 3.63) is 54.2 Å². The maximum atomic E-state index is 12.3. The van der Waals surface area contributed by atoms with Gasteiger partial charge in [0.1, 0.15) is 5.60 Å². The lowest BCUT2D eigenvalue weighted by atomic mass is 9.95. The Bertz CT molecular complexity index is 670. The number of pyridine rings is 1. The Kier molecular flexibility index (Phi) is 4.98. The maximum absolute atomic E-state index is 12.3. The summed E-state index contributed by atoms with van der Waals surface area (Å²) in [5, 5.41) is 13.3. The molecule has 2 aromatic rings. The van der Waals surface area contributed by atoms with Gasteiger partial charge >= 0.3 is 0 Å². The van der Waals surface area contributed by atoms with Gasteiger partial charge in [-0.15, -0.1) is 0 Å². The normalized spacial score (nSPS) is 16.7. The van der Waals surface area contributed by atoms with Crippen LogP contribution in [0.3, 0.4) is 0 Å². The number of amides is 1. The monoisotopic (exact) mass is 328 g/mol. The molecule has 1 aliphatic rings. The van der Waals surface area contributed by atoms with Crippen LogP contribution in [0.1, 0.15) is 18.4 Å². The second kappa shape index (κ2) is 7.15. The van der Waals surface area contributed by atoms with Crippen molar-refractivity contribution < 1.29 is 9.90 Å². The zero-order chi connectivity index (χ0) is 16.1. The SMILES string of the molecule is O=C(NCc1cccc(-c2ccccn2)c1)C1(O)CCSCC1. The Labute approximate surface area is 140 Å². The minimum absolute atomic E-state index is 0.263. The van der Waals surface area contributed by atoms with E-state index >= 15 is 0 Å². The lowest BCUT2D eigenvalue weighted by molar-refractivity contribution is -0.140. The number of thioether (sulfide) groups is 1. The summed E-state index contributed by atoms with van der Waals surface area (Å²) in [7, 11) is 0. The predicted molar refractivity (Wildman–Crippen MR) is 93.0 cm³/mol. The molecule has 5 heteroatoms. The van der Waals surface area contributed by atoms with Gasteiger partial charge in [0.25, 0.3) is 5.91 Å². The Morgan fingerprint density at radius 3 is 2.78 bits per heavy atom. The molecule has 0 spiro atoms. The molecule has 0 atom stereocenters. The van der Waals surface area contributed by atoms with E-state index in [1.165, 1.54) is 0 Å². The highest BCUT2D eigenvalue weighted by atomic mass is 32.2. The Morgan fingerprint density at radius 2 is 2.04 bits per heavy atom. The summed E-state index contributed by atoms with van der Waals surface area (Å²) in [6.07, 6.45) is 2.81. The number of carbonyl (C=O) groups excluding carboxylic acids is 1. The third-order valence-electron chi connectivity index (χ3n) is 4.08. The summed E-state index contributed by atoms with van der Waals surface area (Å²) in [6, 6.07) is 13.7. The van der Waals surface area contributed by atoms with Gasteiger partial charge in [0.2, 0.25) is 0 Å². The summed E-state index contributed by atoms with van der Waals surface area (Å²) in [6.45, 7) is 0.412. The zero-order valence-electron chi connectivity index (χ0n) is 12.9. The molecule has 0 unspecified atom stereocenters. The Hall–Kier alpha value is -1.85. The van der Waals surface area contributed by atoms with Crippen molar-refractivity contribution in [2.45, 2.75) is 25.0 Å². The first-order chi connectivity index (χ1) is 11.2. The van der Waals surface area contributed by atoms with E-state index < -0.39 is 5.60 Å².